The summed E-state index contributed by atoms with van der Waals surface area (Å²) >= 11 is 0. The summed E-state index contributed by atoms with van der Waals surface area (Å²) in [5.74, 6) is 0. The van der Waals surface area contributed by atoms with Crippen LogP contribution in [0.4, 0.5) is 0 Å². The molecule has 0 fully saturated rings. The molecule has 0 aromatic carbocycles. The van der Waals surface area contributed by atoms with Gasteiger partial charge in [0, 0.05) is 6.54 Å². The minimum absolute atomic E-state index is 0.210. The Labute approximate surface area is 63.7 Å². The lowest BCUT2D eigenvalue weighted by atomic mass is 10.2. The molecule has 62 valence electrons. The number of ether oxygens (including phenoxy) is 1. The molecule has 0 aromatic rings. The van der Waals surface area contributed by atoms with Gasteiger partial charge in [-0.3, -0.25) is 0 Å². The minimum Gasteiger partial charge on any atom is -0.374 e. The highest BCUT2D eigenvalue weighted by Crippen LogP contribution is 2.03. The van der Waals surface area contributed by atoms with Gasteiger partial charge in [0.1, 0.15) is 0 Å². The summed E-state index contributed by atoms with van der Waals surface area (Å²) in [5.41, 5.74) is 5.39. The molecule has 0 aliphatic heterocycles. The Hall–Kier alpha value is -0.0800. The molecule has 0 saturated heterocycles. The molecule has 0 heterocycles. The highest BCUT2D eigenvalue weighted by molar-refractivity contribution is 4.54. The second kappa shape index (κ2) is 5.69. The molecule has 2 atom stereocenters. The first-order chi connectivity index (χ1) is 4.70. The second-order valence-electron chi connectivity index (χ2n) is 2.78. The van der Waals surface area contributed by atoms with Crippen LogP contribution in [0.5, 0.6) is 0 Å². The van der Waals surface area contributed by atoms with Crippen LogP contribution in [0, 0.1) is 0 Å². The van der Waals surface area contributed by atoms with E-state index in [2.05, 4.69) is 13.8 Å². The highest BCUT2D eigenvalue weighted by Gasteiger charge is 2.04. The molecule has 2 nitrogen and oxygen atoms in total. The third-order valence-electron chi connectivity index (χ3n) is 1.49. The maximum atomic E-state index is 5.51. The van der Waals surface area contributed by atoms with E-state index in [4.69, 9.17) is 10.5 Å². The van der Waals surface area contributed by atoms with Crippen LogP contribution in [0.25, 0.3) is 0 Å². The Kier molecular flexibility index (Phi) is 5.64. The van der Waals surface area contributed by atoms with Crippen molar-refractivity contribution in [3.63, 3.8) is 0 Å². The molecule has 0 radical (unpaired) electrons. The van der Waals surface area contributed by atoms with Crippen molar-refractivity contribution in [3.05, 3.63) is 0 Å². The first-order valence-electron chi connectivity index (χ1n) is 4.06. The molecular formula is C8H19NO. The summed E-state index contributed by atoms with van der Waals surface area (Å²) in [7, 11) is 0. The molecule has 0 aromatic heterocycles. The average Bonchev–Trinajstić information content (AvgIpc) is 1.88. The van der Waals surface area contributed by atoms with Crippen molar-refractivity contribution >= 4 is 0 Å². The zero-order chi connectivity index (χ0) is 7.98. The van der Waals surface area contributed by atoms with Gasteiger partial charge in [0.25, 0.3) is 0 Å². The van der Waals surface area contributed by atoms with Crippen LogP contribution in [0.1, 0.15) is 33.6 Å². The van der Waals surface area contributed by atoms with E-state index in [1.807, 2.05) is 6.92 Å². The van der Waals surface area contributed by atoms with Gasteiger partial charge in [-0.25, -0.2) is 0 Å². The quantitative estimate of drug-likeness (QED) is 0.637. The Morgan fingerprint density at radius 1 is 1.30 bits per heavy atom. The molecular weight excluding hydrogens is 126 g/mol. The van der Waals surface area contributed by atoms with Gasteiger partial charge in [-0.2, -0.15) is 0 Å². The van der Waals surface area contributed by atoms with Crippen LogP contribution >= 0.6 is 0 Å². The fourth-order valence-electron chi connectivity index (χ4n) is 0.927. The first kappa shape index (κ1) is 9.92. The zero-order valence-corrected chi connectivity index (χ0v) is 7.26. The fourth-order valence-corrected chi connectivity index (χ4v) is 0.927. The van der Waals surface area contributed by atoms with Gasteiger partial charge in [0.2, 0.25) is 0 Å². The van der Waals surface area contributed by atoms with E-state index in [-0.39, 0.29) is 6.10 Å². The summed E-state index contributed by atoms with van der Waals surface area (Å²) in [6, 6.07) is 0. The average molecular weight is 145 g/mol. The van der Waals surface area contributed by atoms with Crippen molar-refractivity contribution in [3.8, 4) is 0 Å². The summed E-state index contributed by atoms with van der Waals surface area (Å²) in [4.78, 5) is 0. The minimum atomic E-state index is 0.210. The van der Waals surface area contributed by atoms with Gasteiger partial charge < -0.3 is 10.5 Å². The number of hydrogen-bond acceptors (Lipinski definition) is 2. The Balaban J connectivity index is 3.27. The zero-order valence-electron chi connectivity index (χ0n) is 7.26. The molecule has 0 amide bonds. The third-order valence-corrected chi connectivity index (χ3v) is 1.49. The Bertz CT molecular complexity index is 75.7. The van der Waals surface area contributed by atoms with E-state index in [9.17, 15) is 0 Å². The van der Waals surface area contributed by atoms with Crippen molar-refractivity contribution in [1.29, 1.82) is 0 Å². The normalized spacial score (nSPS) is 16.8. The van der Waals surface area contributed by atoms with Crippen LogP contribution < -0.4 is 5.73 Å². The predicted molar refractivity (Wildman–Crippen MR) is 44.0 cm³/mol. The van der Waals surface area contributed by atoms with E-state index < -0.39 is 0 Å². The number of nitrogens with two attached hydrogens (primary N) is 1. The van der Waals surface area contributed by atoms with Crippen LogP contribution in [0.3, 0.4) is 0 Å². The Morgan fingerprint density at radius 2 is 1.90 bits per heavy atom. The maximum absolute atomic E-state index is 5.51. The summed E-state index contributed by atoms with van der Waals surface area (Å²) in [5, 5.41) is 0. The molecule has 0 bridgehead atoms. The Morgan fingerprint density at radius 3 is 2.30 bits per heavy atom. The van der Waals surface area contributed by atoms with E-state index in [0.717, 1.165) is 6.42 Å². The molecule has 0 spiro atoms. The van der Waals surface area contributed by atoms with Crippen molar-refractivity contribution in [2.75, 3.05) is 6.54 Å². The van der Waals surface area contributed by atoms with Crippen molar-refractivity contribution in [2.45, 2.75) is 45.8 Å². The van der Waals surface area contributed by atoms with Crippen molar-refractivity contribution < 1.29 is 4.74 Å². The molecule has 0 aliphatic rings. The van der Waals surface area contributed by atoms with Crippen LogP contribution in [0.15, 0.2) is 0 Å². The van der Waals surface area contributed by atoms with Gasteiger partial charge in [0.05, 0.1) is 12.2 Å². The number of rotatable bonds is 5. The monoisotopic (exact) mass is 145 g/mol. The van der Waals surface area contributed by atoms with Gasteiger partial charge in [-0.05, 0) is 20.3 Å². The van der Waals surface area contributed by atoms with Gasteiger partial charge in [-0.15, -0.1) is 0 Å². The van der Waals surface area contributed by atoms with E-state index >= 15 is 0 Å². The van der Waals surface area contributed by atoms with Gasteiger partial charge in [-0.1, -0.05) is 13.3 Å². The molecule has 2 N–H and O–H groups in total. The standard InChI is InChI=1S/C8H19NO/c1-4-5-7(2)10-8(3)6-9/h7-8H,4-6,9H2,1-3H3. The van der Waals surface area contributed by atoms with E-state index in [1.165, 1.54) is 6.42 Å². The summed E-state index contributed by atoms with van der Waals surface area (Å²) in [6.07, 6.45) is 2.88. The van der Waals surface area contributed by atoms with Gasteiger partial charge in [0.15, 0.2) is 0 Å². The molecule has 0 rings (SSSR count). The summed E-state index contributed by atoms with van der Waals surface area (Å²) < 4.78 is 5.51. The van der Waals surface area contributed by atoms with Crippen LogP contribution in [-0.4, -0.2) is 18.8 Å². The smallest absolute Gasteiger partial charge is 0.0672 e. The SMILES string of the molecule is CCCC(C)OC(C)CN. The maximum Gasteiger partial charge on any atom is 0.0672 e. The summed E-state index contributed by atoms with van der Waals surface area (Å²) in [6.45, 7) is 6.88. The van der Waals surface area contributed by atoms with Crippen LogP contribution in [0.2, 0.25) is 0 Å². The fraction of sp³-hybridized carbons (Fsp3) is 1.00. The molecule has 2 heteroatoms. The third kappa shape index (κ3) is 4.77. The van der Waals surface area contributed by atoms with E-state index in [0.29, 0.717) is 12.6 Å². The molecule has 0 saturated carbocycles. The lowest BCUT2D eigenvalue weighted by molar-refractivity contribution is 0.00892. The van der Waals surface area contributed by atoms with Gasteiger partial charge >= 0.3 is 0 Å². The largest absolute Gasteiger partial charge is 0.374 e. The van der Waals surface area contributed by atoms with E-state index in [1.54, 1.807) is 0 Å². The lowest BCUT2D eigenvalue weighted by Gasteiger charge is -2.16. The molecule has 0 aliphatic carbocycles. The predicted octanol–water partition coefficient (Wildman–Crippen LogP) is 1.54. The molecule has 10 heavy (non-hydrogen) atoms. The van der Waals surface area contributed by atoms with Crippen molar-refractivity contribution in [1.82, 2.24) is 0 Å². The number of hydrogen-bond donors (Lipinski definition) is 1. The lowest BCUT2D eigenvalue weighted by Crippen LogP contribution is -2.24. The van der Waals surface area contributed by atoms with Crippen LogP contribution in [-0.2, 0) is 4.74 Å². The van der Waals surface area contributed by atoms with Crippen molar-refractivity contribution in [2.24, 2.45) is 5.73 Å². The first-order valence-corrected chi connectivity index (χ1v) is 4.06. The second-order valence-corrected chi connectivity index (χ2v) is 2.78. The highest BCUT2D eigenvalue weighted by atomic mass is 16.5. The topological polar surface area (TPSA) is 35.2 Å². The molecule has 2 unspecified atom stereocenters.